The molecular formula is C34H27N3O3. The lowest BCUT2D eigenvalue weighted by Gasteiger charge is -2.42. The van der Waals surface area contributed by atoms with E-state index < -0.39 is 22.9 Å². The van der Waals surface area contributed by atoms with E-state index in [9.17, 15) is 9.59 Å². The monoisotopic (exact) mass is 525 g/mol. The Labute approximate surface area is 232 Å². The number of nitrogens with one attached hydrogen (secondary N) is 1. The average molecular weight is 526 g/mol. The first-order valence-corrected chi connectivity index (χ1v) is 13.8. The molecule has 2 spiro atoms. The van der Waals surface area contributed by atoms with Crippen LogP contribution in [0.25, 0.3) is 0 Å². The first kappa shape index (κ1) is 23.3. The summed E-state index contributed by atoms with van der Waals surface area (Å²) in [6.45, 7) is 0.599. The Morgan fingerprint density at radius 2 is 1.43 bits per heavy atom. The molecule has 0 aliphatic carbocycles. The standard InChI is InChI=1S/C34H27N3O3/c38-28-21-33(32(40)37(28)24-14-5-2-6-15-24)29(23-12-3-1-4-13-23)34(26-17-9-10-18-27(26)35-31(34)39)36-20-19-22-11-7-8-16-25(22)30(33)36/h1-18,29-30H,19-21H2,(H,35,39)/t29-,30-,33-,34+/m1/s1. The van der Waals surface area contributed by atoms with Gasteiger partial charge in [0, 0.05) is 30.1 Å². The van der Waals surface area contributed by atoms with Crippen molar-refractivity contribution in [2.45, 2.75) is 30.3 Å². The molecule has 6 nitrogen and oxygen atoms in total. The number of carbonyl (C=O) groups excluding carboxylic acids is 3. The van der Waals surface area contributed by atoms with Crippen LogP contribution in [0.1, 0.15) is 40.6 Å². The van der Waals surface area contributed by atoms with E-state index in [-0.39, 0.29) is 24.1 Å². The molecular weight excluding hydrogens is 498 g/mol. The molecule has 0 bridgehead atoms. The van der Waals surface area contributed by atoms with Crippen molar-refractivity contribution in [3.8, 4) is 0 Å². The molecule has 4 aliphatic heterocycles. The summed E-state index contributed by atoms with van der Waals surface area (Å²) in [7, 11) is 0. The number of benzene rings is 4. The number of amides is 3. The molecule has 40 heavy (non-hydrogen) atoms. The van der Waals surface area contributed by atoms with Gasteiger partial charge in [0.1, 0.15) is 5.54 Å². The van der Waals surface area contributed by atoms with Gasteiger partial charge in [0.2, 0.25) is 17.7 Å². The molecule has 0 radical (unpaired) electrons. The smallest absolute Gasteiger partial charge is 0.250 e. The van der Waals surface area contributed by atoms with E-state index in [1.165, 1.54) is 4.90 Å². The van der Waals surface area contributed by atoms with E-state index in [2.05, 4.69) is 22.3 Å². The molecule has 4 atom stereocenters. The molecule has 0 saturated carbocycles. The minimum absolute atomic E-state index is 0.0208. The summed E-state index contributed by atoms with van der Waals surface area (Å²) >= 11 is 0. The van der Waals surface area contributed by atoms with E-state index in [1.807, 2.05) is 84.9 Å². The fourth-order valence-electron chi connectivity index (χ4n) is 8.22. The predicted octanol–water partition coefficient (Wildman–Crippen LogP) is 5.18. The Balaban J connectivity index is 1.48. The maximum atomic E-state index is 15.1. The number of anilines is 2. The first-order valence-electron chi connectivity index (χ1n) is 13.8. The molecule has 4 aromatic carbocycles. The zero-order valence-corrected chi connectivity index (χ0v) is 21.8. The van der Waals surface area contributed by atoms with Gasteiger partial charge in [-0.2, -0.15) is 0 Å². The van der Waals surface area contributed by atoms with Crippen LogP contribution in [0, 0.1) is 5.41 Å². The van der Waals surface area contributed by atoms with Gasteiger partial charge in [0.25, 0.3) is 0 Å². The van der Waals surface area contributed by atoms with E-state index in [0.29, 0.717) is 12.2 Å². The highest BCUT2D eigenvalue weighted by atomic mass is 16.2. The number of para-hydroxylation sites is 2. The van der Waals surface area contributed by atoms with E-state index in [0.717, 1.165) is 34.4 Å². The van der Waals surface area contributed by atoms with Gasteiger partial charge in [0.05, 0.1) is 17.1 Å². The van der Waals surface area contributed by atoms with Crippen molar-refractivity contribution in [1.82, 2.24) is 4.90 Å². The summed E-state index contributed by atoms with van der Waals surface area (Å²) in [5.74, 6) is -1.20. The third-order valence-corrected chi connectivity index (χ3v) is 9.53. The number of carbonyl (C=O) groups is 3. The largest absolute Gasteiger partial charge is 0.324 e. The van der Waals surface area contributed by atoms with Gasteiger partial charge in [-0.05, 0) is 41.3 Å². The third kappa shape index (κ3) is 2.74. The lowest BCUT2D eigenvalue weighted by Crippen LogP contribution is -2.52. The number of hydrogen-bond donors (Lipinski definition) is 1. The summed E-state index contributed by atoms with van der Waals surface area (Å²) in [5, 5.41) is 3.17. The minimum atomic E-state index is -1.19. The topological polar surface area (TPSA) is 69.7 Å². The van der Waals surface area contributed by atoms with Gasteiger partial charge in [-0.25, -0.2) is 4.90 Å². The fourth-order valence-corrected chi connectivity index (χ4v) is 8.22. The average Bonchev–Trinajstić information content (AvgIpc) is 3.54. The van der Waals surface area contributed by atoms with Gasteiger partial charge < -0.3 is 5.32 Å². The van der Waals surface area contributed by atoms with Crippen molar-refractivity contribution in [2.24, 2.45) is 5.41 Å². The number of imide groups is 1. The molecule has 2 fully saturated rings. The molecule has 8 rings (SSSR count). The lowest BCUT2D eigenvalue weighted by molar-refractivity contribution is -0.128. The molecule has 0 aromatic heterocycles. The fraction of sp³-hybridized carbons (Fsp3) is 0.206. The van der Waals surface area contributed by atoms with Gasteiger partial charge in [-0.15, -0.1) is 0 Å². The van der Waals surface area contributed by atoms with Crippen LogP contribution in [0.15, 0.2) is 109 Å². The molecule has 4 aromatic rings. The van der Waals surface area contributed by atoms with Crippen LogP contribution >= 0.6 is 0 Å². The second kappa shape index (κ2) is 8.23. The van der Waals surface area contributed by atoms with Gasteiger partial charge in [0.15, 0.2) is 0 Å². The summed E-state index contributed by atoms with van der Waals surface area (Å²) in [5.41, 5.74) is 2.93. The van der Waals surface area contributed by atoms with Crippen molar-refractivity contribution >= 4 is 29.1 Å². The van der Waals surface area contributed by atoms with Gasteiger partial charge in [-0.3, -0.25) is 19.3 Å². The molecule has 196 valence electrons. The zero-order chi connectivity index (χ0) is 27.1. The molecule has 4 heterocycles. The van der Waals surface area contributed by atoms with Crippen molar-refractivity contribution in [1.29, 1.82) is 0 Å². The number of fused-ring (bicyclic) bond motifs is 7. The summed E-state index contributed by atoms with van der Waals surface area (Å²) in [4.78, 5) is 47.3. The van der Waals surface area contributed by atoms with E-state index in [1.54, 1.807) is 12.1 Å². The maximum Gasteiger partial charge on any atom is 0.250 e. The van der Waals surface area contributed by atoms with E-state index >= 15 is 4.79 Å². The second-order valence-electron chi connectivity index (χ2n) is 11.2. The van der Waals surface area contributed by atoms with Crippen LogP contribution in [0.4, 0.5) is 11.4 Å². The lowest BCUT2D eigenvalue weighted by atomic mass is 9.61. The van der Waals surface area contributed by atoms with Crippen LogP contribution in [0.5, 0.6) is 0 Å². The van der Waals surface area contributed by atoms with Crippen molar-refractivity contribution < 1.29 is 14.4 Å². The molecule has 0 unspecified atom stereocenters. The van der Waals surface area contributed by atoms with Crippen molar-refractivity contribution in [2.75, 3.05) is 16.8 Å². The Morgan fingerprint density at radius 1 is 0.750 bits per heavy atom. The van der Waals surface area contributed by atoms with Crippen molar-refractivity contribution in [3.05, 3.63) is 131 Å². The Kier molecular flexibility index (Phi) is 4.80. The SMILES string of the molecule is O=C1C[C@@]2(C(=O)N1c1ccccc1)[C@@H](c1ccccc1)[C@@]1(C(=O)Nc3ccccc31)N1CCc3ccccc3[C@@H]12. The Hall–Kier alpha value is -4.55. The highest BCUT2D eigenvalue weighted by Gasteiger charge is 2.78. The summed E-state index contributed by atoms with van der Waals surface area (Å²) < 4.78 is 0. The summed E-state index contributed by atoms with van der Waals surface area (Å²) in [6.07, 6.45) is 0.777. The highest BCUT2D eigenvalue weighted by Crippen LogP contribution is 2.72. The third-order valence-electron chi connectivity index (χ3n) is 9.53. The van der Waals surface area contributed by atoms with Crippen LogP contribution in [-0.4, -0.2) is 29.2 Å². The van der Waals surface area contributed by atoms with Crippen molar-refractivity contribution in [3.63, 3.8) is 0 Å². The Bertz CT molecular complexity index is 1700. The quantitative estimate of drug-likeness (QED) is 0.366. The number of rotatable bonds is 2. The van der Waals surface area contributed by atoms with Crippen LogP contribution in [0.3, 0.4) is 0 Å². The van der Waals surface area contributed by atoms with Crippen LogP contribution in [-0.2, 0) is 26.3 Å². The molecule has 6 heteroatoms. The molecule has 4 aliphatic rings. The number of hydrogen-bond acceptors (Lipinski definition) is 4. The highest BCUT2D eigenvalue weighted by molar-refractivity contribution is 6.24. The minimum Gasteiger partial charge on any atom is -0.324 e. The number of nitrogens with zero attached hydrogens (tertiary/aromatic N) is 2. The zero-order valence-electron chi connectivity index (χ0n) is 21.8. The van der Waals surface area contributed by atoms with Gasteiger partial charge in [-0.1, -0.05) is 91.0 Å². The first-order chi connectivity index (χ1) is 19.6. The second-order valence-corrected chi connectivity index (χ2v) is 11.2. The van der Waals surface area contributed by atoms with Crippen LogP contribution < -0.4 is 10.2 Å². The molecule has 3 amide bonds. The molecule has 2 saturated heterocycles. The predicted molar refractivity (Wildman–Crippen MR) is 152 cm³/mol. The normalized spacial score (nSPS) is 28.6. The van der Waals surface area contributed by atoms with E-state index in [4.69, 9.17) is 0 Å². The van der Waals surface area contributed by atoms with Gasteiger partial charge >= 0.3 is 0 Å². The summed E-state index contributed by atoms with van der Waals surface area (Å²) in [6, 6.07) is 34.6. The maximum absolute atomic E-state index is 15.1. The Morgan fingerprint density at radius 3 is 2.23 bits per heavy atom. The van der Waals surface area contributed by atoms with Crippen LogP contribution in [0.2, 0.25) is 0 Å². The molecule has 1 N–H and O–H groups in total.